The Morgan fingerprint density at radius 1 is 1.56 bits per heavy atom. The van der Waals surface area contributed by atoms with E-state index in [1.165, 1.54) is 24.3 Å². The summed E-state index contributed by atoms with van der Waals surface area (Å²) in [5.41, 5.74) is 0. The number of hydrogen-bond donors (Lipinski definition) is 1. The second kappa shape index (κ2) is 7.89. The predicted molar refractivity (Wildman–Crippen MR) is 77.1 cm³/mol. The van der Waals surface area contributed by atoms with Gasteiger partial charge in [-0.25, -0.2) is 0 Å². The van der Waals surface area contributed by atoms with Gasteiger partial charge in [-0.3, -0.25) is 4.90 Å². The van der Waals surface area contributed by atoms with Gasteiger partial charge in [0.1, 0.15) is 0 Å². The van der Waals surface area contributed by atoms with Crippen LogP contribution in [0.4, 0.5) is 0 Å². The Morgan fingerprint density at radius 2 is 2.50 bits per heavy atom. The molecule has 2 rings (SSSR count). The molecule has 1 saturated heterocycles. The highest BCUT2D eigenvalue weighted by molar-refractivity contribution is 7.09. The van der Waals surface area contributed by atoms with Gasteiger partial charge in [-0.15, -0.1) is 11.3 Å². The van der Waals surface area contributed by atoms with E-state index in [4.69, 9.17) is 4.74 Å². The zero-order chi connectivity index (χ0) is 12.6. The molecule has 0 saturated carbocycles. The summed E-state index contributed by atoms with van der Waals surface area (Å²) in [5, 5.41) is 5.64. The molecule has 0 amide bonds. The highest BCUT2D eigenvalue weighted by Crippen LogP contribution is 2.12. The predicted octanol–water partition coefficient (Wildman–Crippen LogP) is 2.34. The smallest absolute Gasteiger partial charge is 0.0702 e. The van der Waals surface area contributed by atoms with Crippen LogP contribution in [0, 0.1) is 0 Å². The molecule has 0 bridgehead atoms. The van der Waals surface area contributed by atoms with Crippen molar-refractivity contribution in [2.75, 3.05) is 32.8 Å². The van der Waals surface area contributed by atoms with Crippen molar-refractivity contribution in [3.63, 3.8) is 0 Å². The molecule has 1 N–H and O–H groups in total. The van der Waals surface area contributed by atoms with Gasteiger partial charge in [0.15, 0.2) is 0 Å². The molecule has 102 valence electrons. The van der Waals surface area contributed by atoms with E-state index < -0.39 is 0 Å². The molecule has 1 aromatic rings. The first-order valence-corrected chi connectivity index (χ1v) is 7.83. The highest BCUT2D eigenvalue weighted by atomic mass is 32.1. The summed E-state index contributed by atoms with van der Waals surface area (Å²) in [6.45, 7) is 8.46. The minimum atomic E-state index is 0.459. The lowest BCUT2D eigenvalue weighted by molar-refractivity contribution is 0.00635. The lowest BCUT2D eigenvalue weighted by Gasteiger charge is -2.32. The van der Waals surface area contributed by atoms with Gasteiger partial charge in [-0.1, -0.05) is 6.07 Å². The van der Waals surface area contributed by atoms with Crippen LogP contribution in [-0.2, 0) is 11.3 Å². The van der Waals surface area contributed by atoms with Crippen LogP contribution in [0.1, 0.15) is 24.6 Å². The van der Waals surface area contributed by atoms with Gasteiger partial charge >= 0.3 is 0 Å². The lowest BCUT2D eigenvalue weighted by Crippen LogP contribution is -2.42. The summed E-state index contributed by atoms with van der Waals surface area (Å²) in [5.74, 6) is 0. The Labute approximate surface area is 114 Å². The number of hydrogen-bond acceptors (Lipinski definition) is 4. The van der Waals surface area contributed by atoms with Gasteiger partial charge in [0.2, 0.25) is 0 Å². The molecule has 2 heterocycles. The number of piperidine rings is 1. The van der Waals surface area contributed by atoms with E-state index in [9.17, 15) is 0 Å². The molecular weight excluding hydrogens is 244 g/mol. The Balaban J connectivity index is 1.58. The molecule has 3 nitrogen and oxygen atoms in total. The molecule has 1 fully saturated rings. The average Bonchev–Trinajstić information content (AvgIpc) is 2.89. The molecule has 0 aromatic carbocycles. The third kappa shape index (κ3) is 4.69. The van der Waals surface area contributed by atoms with Crippen molar-refractivity contribution in [2.24, 2.45) is 0 Å². The Bertz CT molecular complexity index is 314. The summed E-state index contributed by atoms with van der Waals surface area (Å²) in [7, 11) is 0. The van der Waals surface area contributed by atoms with E-state index >= 15 is 0 Å². The summed E-state index contributed by atoms with van der Waals surface area (Å²) < 4.78 is 5.72. The fourth-order valence-electron chi connectivity index (χ4n) is 2.45. The minimum absolute atomic E-state index is 0.459. The second-order valence-electron chi connectivity index (χ2n) is 4.78. The fraction of sp³-hybridized carbons (Fsp3) is 0.714. The zero-order valence-corrected chi connectivity index (χ0v) is 12.0. The largest absolute Gasteiger partial charge is 0.377 e. The third-order valence-electron chi connectivity index (χ3n) is 3.35. The van der Waals surface area contributed by atoms with Crippen LogP contribution in [0.25, 0.3) is 0 Å². The van der Waals surface area contributed by atoms with Crippen molar-refractivity contribution in [3.05, 3.63) is 22.4 Å². The molecule has 0 radical (unpaired) electrons. The van der Waals surface area contributed by atoms with Crippen LogP contribution in [-0.4, -0.2) is 43.8 Å². The third-order valence-corrected chi connectivity index (χ3v) is 4.23. The summed E-state index contributed by atoms with van der Waals surface area (Å²) >= 11 is 1.82. The van der Waals surface area contributed by atoms with Gasteiger partial charge in [-0.2, -0.15) is 0 Å². The van der Waals surface area contributed by atoms with E-state index in [0.29, 0.717) is 6.10 Å². The molecule has 1 aromatic heterocycles. The molecule has 0 spiro atoms. The number of nitrogens with zero attached hydrogens (tertiary/aromatic N) is 1. The van der Waals surface area contributed by atoms with Crippen molar-refractivity contribution >= 4 is 11.3 Å². The van der Waals surface area contributed by atoms with E-state index in [1.54, 1.807) is 0 Å². The number of nitrogens with one attached hydrogen (secondary N) is 1. The van der Waals surface area contributed by atoms with Crippen LogP contribution in [0.15, 0.2) is 17.5 Å². The molecular formula is C14H24N2OS. The van der Waals surface area contributed by atoms with Crippen molar-refractivity contribution in [1.82, 2.24) is 10.2 Å². The molecule has 1 atom stereocenters. The first-order chi connectivity index (χ1) is 8.88. The molecule has 1 aliphatic heterocycles. The summed E-state index contributed by atoms with van der Waals surface area (Å²) in [6.07, 6.45) is 2.96. The number of likely N-dealkylation sites (tertiary alicyclic amines) is 1. The van der Waals surface area contributed by atoms with Crippen molar-refractivity contribution in [1.29, 1.82) is 0 Å². The summed E-state index contributed by atoms with van der Waals surface area (Å²) in [4.78, 5) is 3.94. The standard InChI is InChI=1S/C14H24N2OS/c1-2-17-13-5-3-8-16(12-13)9-7-15-11-14-6-4-10-18-14/h4,6,10,13,15H,2-3,5,7-9,11-12H2,1H3. The maximum Gasteiger partial charge on any atom is 0.0702 e. The number of thiophene rings is 1. The SMILES string of the molecule is CCOC1CCCN(CCNCc2cccs2)C1. The van der Waals surface area contributed by atoms with Crippen LogP contribution in [0.5, 0.6) is 0 Å². The Kier molecular flexibility index (Phi) is 6.14. The minimum Gasteiger partial charge on any atom is -0.377 e. The maximum absolute atomic E-state index is 5.72. The quantitative estimate of drug-likeness (QED) is 0.768. The van der Waals surface area contributed by atoms with Crippen LogP contribution in [0.3, 0.4) is 0 Å². The summed E-state index contributed by atoms with van der Waals surface area (Å²) in [6, 6.07) is 4.29. The van der Waals surface area contributed by atoms with Crippen molar-refractivity contribution < 1.29 is 4.74 Å². The van der Waals surface area contributed by atoms with Gasteiger partial charge in [0.25, 0.3) is 0 Å². The number of ether oxygens (including phenoxy) is 1. The van der Waals surface area contributed by atoms with Gasteiger partial charge < -0.3 is 10.1 Å². The van der Waals surface area contributed by atoms with E-state index in [0.717, 1.165) is 32.8 Å². The van der Waals surface area contributed by atoms with Gasteiger partial charge in [-0.05, 0) is 37.8 Å². The monoisotopic (exact) mass is 268 g/mol. The van der Waals surface area contributed by atoms with Gasteiger partial charge in [0.05, 0.1) is 6.10 Å². The first-order valence-electron chi connectivity index (χ1n) is 6.95. The fourth-order valence-corrected chi connectivity index (χ4v) is 3.12. The van der Waals surface area contributed by atoms with Crippen molar-refractivity contribution in [2.45, 2.75) is 32.4 Å². The molecule has 4 heteroatoms. The van der Waals surface area contributed by atoms with E-state index in [1.807, 2.05) is 11.3 Å². The molecule has 0 aliphatic carbocycles. The van der Waals surface area contributed by atoms with E-state index in [-0.39, 0.29) is 0 Å². The molecule has 1 aliphatic rings. The van der Waals surface area contributed by atoms with E-state index in [2.05, 4.69) is 34.7 Å². The average molecular weight is 268 g/mol. The van der Waals surface area contributed by atoms with Crippen LogP contribution >= 0.6 is 11.3 Å². The molecule has 18 heavy (non-hydrogen) atoms. The Morgan fingerprint density at radius 3 is 3.28 bits per heavy atom. The van der Waals surface area contributed by atoms with Crippen LogP contribution < -0.4 is 5.32 Å². The first kappa shape index (κ1) is 14.0. The molecule has 1 unspecified atom stereocenters. The second-order valence-corrected chi connectivity index (χ2v) is 5.81. The normalized spacial score (nSPS) is 21.3. The maximum atomic E-state index is 5.72. The van der Waals surface area contributed by atoms with Crippen molar-refractivity contribution in [3.8, 4) is 0 Å². The lowest BCUT2D eigenvalue weighted by atomic mass is 10.1. The topological polar surface area (TPSA) is 24.5 Å². The Hall–Kier alpha value is -0.420. The van der Waals surface area contributed by atoms with Gasteiger partial charge in [0, 0.05) is 37.7 Å². The highest BCUT2D eigenvalue weighted by Gasteiger charge is 2.19. The van der Waals surface area contributed by atoms with Crippen LogP contribution in [0.2, 0.25) is 0 Å². The zero-order valence-electron chi connectivity index (χ0n) is 11.2. The number of rotatable bonds is 7.